The van der Waals surface area contributed by atoms with Crippen molar-refractivity contribution in [1.29, 1.82) is 5.26 Å². The topological polar surface area (TPSA) is 78.9 Å². The fraction of sp³-hybridized carbons (Fsp3) is 0.211. The zero-order chi connectivity index (χ0) is 18.0. The van der Waals surface area contributed by atoms with Crippen LogP contribution in [0, 0.1) is 31.4 Å². The number of carbonyl (C=O) groups excluding carboxylic acids is 1. The molecular formula is C19H17N3O2S. The van der Waals surface area contributed by atoms with Gasteiger partial charge in [-0.25, -0.2) is 4.98 Å². The number of nitrogens with zero attached hydrogens (tertiary/aromatic N) is 2. The highest BCUT2D eigenvalue weighted by Gasteiger charge is 2.13. The Morgan fingerprint density at radius 1 is 1.24 bits per heavy atom. The van der Waals surface area contributed by atoms with E-state index in [1.165, 1.54) is 0 Å². The van der Waals surface area contributed by atoms with Crippen LogP contribution in [0.1, 0.15) is 16.7 Å². The van der Waals surface area contributed by atoms with Crippen molar-refractivity contribution in [2.24, 2.45) is 0 Å². The van der Waals surface area contributed by atoms with E-state index in [1.54, 1.807) is 0 Å². The summed E-state index contributed by atoms with van der Waals surface area (Å²) in [5, 5.41) is 13.3. The molecule has 0 bridgehead atoms. The second-order valence-electron chi connectivity index (χ2n) is 5.91. The zero-order valence-corrected chi connectivity index (χ0v) is 15.0. The van der Waals surface area contributed by atoms with Gasteiger partial charge in [0.25, 0.3) is 0 Å². The first-order valence-electron chi connectivity index (χ1n) is 7.77. The van der Waals surface area contributed by atoms with E-state index in [2.05, 4.69) is 16.4 Å². The molecule has 0 aliphatic rings. The first-order chi connectivity index (χ1) is 12.0. The van der Waals surface area contributed by atoms with E-state index in [4.69, 9.17) is 9.68 Å². The van der Waals surface area contributed by atoms with Gasteiger partial charge in [-0.3, -0.25) is 4.79 Å². The first kappa shape index (κ1) is 17.1. The number of fused-ring (bicyclic) bond motifs is 1. The minimum absolute atomic E-state index is 0.0987. The highest BCUT2D eigenvalue weighted by Crippen LogP contribution is 2.30. The van der Waals surface area contributed by atoms with Gasteiger partial charge in [0.15, 0.2) is 5.58 Å². The summed E-state index contributed by atoms with van der Waals surface area (Å²) >= 11 is 0.910. The lowest BCUT2D eigenvalue weighted by atomic mass is 10.1. The van der Waals surface area contributed by atoms with Crippen LogP contribution in [-0.4, -0.2) is 16.6 Å². The number of aryl methyl sites for hydroxylation is 3. The fourth-order valence-corrected chi connectivity index (χ4v) is 2.94. The molecule has 1 aromatic heterocycles. The molecule has 3 rings (SSSR count). The Hall–Kier alpha value is -2.78. The van der Waals surface area contributed by atoms with Crippen LogP contribution in [0.25, 0.3) is 22.6 Å². The fourth-order valence-electron chi connectivity index (χ4n) is 2.67. The Kier molecular flexibility index (Phi) is 4.77. The van der Waals surface area contributed by atoms with Gasteiger partial charge in [-0.05, 0) is 67.4 Å². The summed E-state index contributed by atoms with van der Waals surface area (Å²) in [4.78, 5) is 16.4. The second-order valence-corrected chi connectivity index (χ2v) is 6.67. The third kappa shape index (κ3) is 3.67. The van der Waals surface area contributed by atoms with Gasteiger partial charge in [0.05, 0.1) is 5.75 Å². The molecule has 1 heterocycles. The van der Waals surface area contributed by atoms with Gasteiger partial charge in [-0.2, -0.15) is 5.26 Å². The summed E-state index contributed by atoms with van der Waals surface area (Å²) < 4.78 is 5.93. The molecule has 25 heavy (non-hydrogen) atoms. The lowest BCUT2D eigenvalue weighted by Crippen LogP contribution is -2.14. The number of anilines is 1. The smallest absolute Gasteiger partial charge is 0.235 e. The summed E-state index contributed by atoms with van der Waals surface area (Å²) in [6, 6.07) is 9.73. The molecule has 0 spiro atoms. The molecule has 3 aromatic rings. The Morgan fingerprint density at radius 3 is 2.80 bits per heavy atom. The second kappa shape index (κ2) is 6.99. The molecule has 1 amide bonds. The molecule has 0 atom stereocenters. The minimum Gasteiger partial charge on any atom is -0.436 e. The van der Waals surface area contributed by atoms with Gasteiger partial charge < -0.3 is 9.73 Å². The lowest BCUT2D eigenvalue weighted by molar-refractivity contribution is -0.113. The number of thioether (sulfide) groups is 1. The van der Waals surface area contributed by atoms with Gasteiger partial charge in [-0.15, -0.1) is 0 Å². The minimum atomic E-state index is -0.212. The molecule has 0 saturated heterocycles. The first-order valence-corrected chi connectivity index (χ1v) is 8.76. The SMILES string of the molecule is Cc1cc(C)c2oc(-c3ccc(C)c(NC(=O)CSC#N)c3)nc2c1. The Morgan fingerprint density at radius 2 is 2.04 bits per heavy atom. The summed E-state index contributed by atoms with van der Waals surface area (Å²) in [5.41, 5.74) is 6.20. The van der Waals surface area contributed by atoms with Crippen LogP contribution in [0.4, 0.5) is 5.69 Å². The zero-order valence-electron chi connectivity index (χ0n) is 14.2. The van der Waals surface area contributed by atoms with E-state index in [0.717, 1.165) is 45.1 Å². The summed E-state index contributed by atoms with van der Waals surface area (Å²) in [5.74, 6) is 0.406. The summed E-state index contributed by atoms with van der Waals surface area (Å²) in [6.07, 6.45) is 0. The van der Waals surface area contributed by atoms with Crippen LogP contribution in [0.15, 0.2) is 34.7 Å². The molecule has 2 aromatic carbocycles. The van der Waals surface area contributed by atoms with Gasteiger partial charge in [-0.1, -0.05) is 12.1 Å². The van der Waals surface area contributed by atoms with Crippen LogP contribution in [0.3, 0.4) is 0 Å². The quantitative estimate of drug-likeness (QED) is 0.696. The van der Waals surface area contributed by atoms with Gasteiger partial charge in [0.1, 0.15) is 10.9 Å². The van der Waals surface area contributed by atoms with Crippen molar-refractivity contribution < 1.29 is 9.21 Å². The van der Waals surface area contributed by atoms with Crippen LogP contribution in [-0.2, 0) is 4.79 Å². The average molecular weight is 351 g/mol. The van der Waals surface area contributed by atoms with Crippen molar-refractivity contribution in [3.8, 4) is 16.9 Å². The van der Waals surface area contributed by atoms with E-state index in [-0.39, 0.29) is 11.7 Å². The standard InChI is InChI=1S/C19H17N3O2S/c1-11-6-13(3)18-16(7-11)22-19(24-18)14-5-4-12(2)15(8-14)21-17(23)9-25-10-20/h4-8H,9H2,1-3H3,(H,21,23). The lowest BCUT2D eigenvalue weighted by Gasteiger charge is -2.08. The highest BCUT2D eigenvalue weighted by atomic mass is 32.2. The number of carbonyl (C=O) groups is 1. The number of aromatic nitrogens is 1. The van der Waals surface area contributed by atoms with Gasteiger partial charge in [0, 0.05) is 11.3 Å². The van der Waals surface area contributed by atoms with Crippen molar-refractivity contribution >= 4 is 34.5 Å². The van der Waals surface area contributed by atoms with E-state index in [0.29, 0.717) is 11.6 Å². The predicted molar refractivity (Wildman–Crippen MR) is 100 cm³/mol. The molecule has 0 fully saturated rings. The number of hydrogen-bond donors (Lipinski definition) is 1. The largest absolute Gasteiger partial charge is 0.436 e. The van der Waals surface area contributed by atoms with E-state index >= 15 is 0 Å². The molecule has 0 aliphatic heterocycles. The van der Waals surface area contributed by atoms with Crippen LogP contribution in [0.5, 0.6) is 0 Å². The summed E-state index contributed by atoms with van der Waals surface area (Å²) in [6.45, 7) is 5.94. The molecular weight excluding hydrogens is 334 g/mol. The molecule has 0 radical (unpaired) electrons. The monoisotopic (exact) mass is 351 g/mol. The van der Waals surface area contributed by atoms with Crippen LogP contribution < -0.4 is 5.32 Å². The van der Waals surface area contributed by atoms with Crippen LogP contribution >= 0.6 is 11.8 Å². The van der Waals surface area contributed by atoms with Crippen molar-refractivity contribution in [1.82, 2.24) is 4.98 Å². The number of nitrogens with one attached hydrogen (secondary N) is 1. The number of nitriles is 1. The summed E-state index contributed by atoms with van der Waals surface area (Å²) in [7, 11) is 0. The molecule has 5 nitrogen and oxygen atoms in total. The maximum Gasteiger partial charge on any atom is 0.235 e. The highest BCUT2D eigenvalue weighted by molar-refractivity contribution is 8.04. The number of thiocyanates is 1. The van der Waals surface area contributed by atoms with Gasteiger partial charge in [0.2, 0.25) is 11.8 Å². The number of amides is 1. The van der Waals surface area contributed by atoms with Crippen molar-refractivity contribution in [3.05, 3.63) is 47.0 Å². The predicted octanol–water partition coefficient (Wildman–Crippen LogP) is 4.57. The van der Waals surface area contributed by atoms with E-state index in [9.17, 15) is 4.79 Å². The Balaban J connectivity index is 1.95. The maximum absolute atomic E-state index is 11.9. The normalized spacial score (nSPS) is 10.6. The molecule has 0 aliphatic carbocycles. The van der Waals surface area contributed by atoms with E-state index < -0.39 is 0 Å². The van der Waals surface area contributed by atoms with Crippen molar-refractivity contribution in [3.63, 3.8) is 0 Å². The average Bonchev–Trinajstić information content (AvgIpc) is 2.99. The number of oxazole rings is 1. The van der Waals surface area contributed by atoms with Crippen molar-refractivity contribution in [2.75, 3.05) is 11.1 Å². The molecule has 1 N–H and O–H groups in total. The van der Waals surface area contributed by atoms with Crippen molar-refractivity contribution in [2.45, 2.75) is 20.8 Å². The van der Waals surface area contributed by atoms with Gasteiger partial charge >= 0.3 is 0 Å². The Bertz CT molecular complexity index is 1000. The third-order valence-electron chi connectivity index (χ3n) is 3.85. The maximum atomic E-state index is 11.9. The molecule has 6 heteroatoms. The Labute approximate surface area is 150 Å². The van der Waals surface area contributed by atoms with Crippen LogP contribution in [0.2, 0.25) is 0 Å². The third-order valence-corrected chi connectivity index (χ3v) is 4.38. The van der Waals surface area contributed by atoms with E-state index in [1.807, 2.05) is 50.4 Å². The number of hydrogen-bond acceptors (Lipinski definition) is 5. The number of benzene rings is 2. The molecule has 0 unspecified atom stereocenters. The number of rotatable bonds is 4. The molecule has 0 saturated carbocycles. The molecule has 126 valence electrons.